The normalized spacial score (nSPS) is 31.7. The second-order valence-electron chi connectivity index (χ2n) is 5.80. The van der Waals surface area contributed by atoms with Crippen molar-refractivity contribution in [2.75, 3.05) is 31.9 Å². The van der Waals surface area contributed by atoms with Gasteiger partial charge in [0.15, 0.2) is 5.17 Å². The molecule has 0 aromatic carbocycles. The van der Waals surface area contributed by atoms with Crippen LogP contribution in [0.15, 0.2) is 4.99 Å². The summed E-state index contributed by atoms with van der Waals surface area (Å²) in [6.07, 6.45) is 2.54. The summed E-state index contributed by atoms with van der Waals surface area (Å²) in [7, 11) is 0. The van der Waals surface area contributed by atoms with E-state index in [-0.39, 0.29) is 5.54 Å². The smallest absolute Gasteiger partial charge is 0.156 e. The average molecular weight is 255 g/mol. The molecule has 98 valence electrons. The Morgan fingerprint density at radius 3 is 3.00 bits per heavy atom. The van der Waals surface area contributed by atoms with Gasteiger partial charge in [0.2, 0.25) is 0 Å². The summed E-state index contributed by atoms with van der Waals surface area (Å²) in [4.78, 5) is 7.30. The van der Waals surface area contributed by atoms with Crippen LogP contribution in [0.3, 0.4) is 0 Å². The van der Waals surface area contributed by atoms with Gasteiger partial charge in [-0.05, 0) is 45.7 Å². The zero-order valence-corrected chi connectivity index (χ0v) is 12.1. The molecule has 2 aliphatic heterocycles. The molecule has 1 atom stereocenters. The number of thioether (sulfide) groups is 1. The van der Waals surface area contributed by atoms with Crippen LogP contribution in [0.2, 0.25) is 0 Å². The second kappa shape index (κ2) is 5.61. The first-order valence-corrected chi connectivity index (χ1v) is 7.75. The molecule has 4 heteroatoms. The molecule has 2 saturated heterocycles. The fourth-order valence-corrected chi connectivity index (χ4v) is 3.76. The van der Waals surface area contributed by atoms with E-state index in [4.69, 9.17) is 4.99 Å². The SMILES string of the molecule is CCN1CCC(CN=C2NC(C)(C)CCS2)C1. The van der Waals surface area contributed by atoms with Gasteiger partial charge in [-0.2, -0.15) is 0 Å². The lowest BCUT2D eigenvalue weighted by atomic mass is 10.0. The lowest BCUT2D eigenvalue weighted by molar-refractivity contribution is 0.343. The van der Waals surface area contributed by atoms with Crippen molar-refractivity contribution >= 4 is 16.9 Å². The molecule has 0 saturated carbocycles. The third-order valence-corrected chi connectivity index (χ3v) is 4.63. The Morgan fingerprint density at radius 2 is 2.35 bits per heavy atom. The monoisotopic (exact) mass is 255 g/mol. The summed E-state index contributed by atoms with van der Waals surface area (Å²) in [6.45, 7) is 11.5. The first-order chi connectivity index (χ1) is 8.09. The van der Waals surface area contributed by atoms with E-state index < -0.39 is 0 Å². The highest BCUT2D eigenvalue weighted by Crippen LogP contribution is 2.22. The van der Waals surface area contributed by atoms with Gasteiger partial charge < -0.3 is 10.2 Å². The molecule has 2 aliphatic rings. The van der Waals surface area contributed by atoms with Crippen LogP contribution in [0.5, 0.6) is 0 Å². The minimum absolute atomic E-state index is 0.231. The quantitative estimate of drug-likeness (QED) is 0.838. The fourth-order valence-electron chi connectivity index (χ4n) is 2.44. The Balaban J connectivity index is 1.80. The van der Waals surface area contributed by atoms with E-state index in [2.05, 4.69) is 31.0 Å². The molecule has 1 N–H and O–H groups in total. The summed E-state index contributed by atoms with van der Waals surface area (Å²) >= 11 is 1.88. The maximum atomic E-state index is 4.77. The minimum atomic E-state index is 0.231. The lowest BCUT2D eigenvalue weighted by Crippen LogP contribution is -2.46. The maximum absolute atomic E-state index is 4.77. The summed E-state index contributed by atoms with van der Waals surface area (Å²) in [5.41, 5.74) is 0.231. The van der Waals surface area contributed by atoms with Gasteiger partial charge in [-0.15, -0.1) is 0 Å². The molecule has 0 spiro atoms. The van der Waals surface area contributed by atoms with Crippen molar-refractivity contribution in [3.05, 3.63) is 0 Å². The van der Waals surface area contributed by atoms with Gasteiger partial charge in [0.1, 0.15) is 0 Å². The van der Waals surface area contributed by atoms with Crippen LogP contribution in [0.1, 0.15) is 33.6 Å². The van der Waals surface area contributed by atoms with Crippen molar-refractivity contribution in [2.24, 2.45) is 10.9 Å². The van der Waals surface area contributed by atoms with E-state index in [1.54, 1.807) is 0 Å². The largest absolute Gasteiger partial charge is 0.360 e. The highest BCUT2D eigenvalue weighted by Gasteiger charge is 2.25. The summed E-state index contributed by atoms with van der Waals surface area (Å²) in [5, 5.41) is 4.70. The van der Waals surface area contributed by atoms with Gasteiger partial charge in [-0.25, -0.2) is 0 Å². The van der Waals surface area contributed by atoms with Crippen molar-refractivity contribution in [1.82, 2.24) is 10.2 Å². The van der Waals surface area contributed by atoms with Gasteiger partial charge >= 0.3 is 0 Å². The van der Waals surface area contributed by atoms with E-state index in [0.29, 0.717) is 0 Å². The van der Waals surface area contributed by atoms with Crippen LogP contribution in [-0.2, 0) is 0 Å². The molecular weight excluding hydrogens is 230 g/mol. The highest BCUT2D eigenvalue weighted by molar-refractivity contribution is 8.13. The van der Waals surface area contributed by atoms with Crippen LogP contribution in [0.25, 0.3) is 0 Å². The Morgan fingerprint density at radius 1 is 1.53 bits per heavy atom. The summed E-state index contributed by atoms with van der Waals surface area (Å²) < 4.78 is 0. The van der Waals surface area contributed by atoms with Gasteiger partial charge in [-0.1, -0.05) is 18.7 Å². The van der Waals surface area contributed by atoms with Gasteiger partial charge in [0.25, 0.3) is 0 Å². The number of likely N-dealkylation sites (tertiary alicyclic amines) is 1. The van der Waals surface area contributed by atoms with Crippen molar-refractivity contribution in [2.45, 2.75) is 39.2 Å². The molecule has 0 aromatic rings. The van der Waals surface area contributed by atoms with E-state index >= 15 is 0 Å². The number of amidine groups is 1. The number of hydrogen-bond acceptors (Lipinski definition) is 3. The fraction of sp³-hybridized carbons (Fsp3) is 0.923. The first-order valence-electron chi connectivity index (χ1n) is 6.77. The van der Waals surface area contributed by atoms with Gasteiger partial charge in [0.05, 0.1) is 0 Å². The number of rotatable bonds is 3. The summed E-state index contributed by atoms with van der Waals surface area (Å²) in [5.74, 6) is 1.97. The number of hydrogen-bond donors (Lipinski definition) is 1. The molecule has 2 fully saturated rings. The van der Waals surface area contributed by atoms with Crippen molar-refractivity contribution in [3.63, 3.8) is 0 Å². The molecule has 2 rings (SSSR count). The predicted octanol–water partition coefficient (Wildman–Crippen LogP) is 2.19. The Labute approximate surface area is 109 Å². The van der Waals surface area contributed by atoms with E-state index in [1.165, 1.54) is 38.2 Å². The van der Waals surface area contributed by atoms with Crippen molar-refractivity contribution < 1.29 is 0 Å². The molecule has 0 amide bonds. The van der Waals surface area contributed by atoms with Gasteiger partial charge in [-0.3, -0.25) is 4.99 Å². The maximum Gasteiger partial charge on any atom is 0.156 e. The van der Waals surface area contributed by atoms with Crippen molar-refractivity contribution in [1.29, 1.82) is 0 Å². The lowest BCUT2D eigenvalue weighted by Gasteiger charge is -2.32. The van der Waals surface area contributed by atoms with E-state index in [0.717, 1.165) is 17.6 Å². The third kappa shape index (κ3) is 3.88. The molecular formula is C13H25N3S. The van der Waals surface area contributed by atoms with E-state index in [1.807, 2.05) is 11.8 Å². The Hall–Kier alpha value is -0.220. The van der Waals surface area contributed by atoms with Crippen LogP contribution in [-0.4, -0.2) is 47.5 Å². The standard InChI is InChI=1S/C13H25N3S/c1-4-16-7-5-11(10-16)9-14-12-15-13(2,3)6-8-17-12/h11H,4-10H2,1-3H3,(H,14,15). The minimum Gasteiger partial charge on any atom is -0.360 e. The first kappa shape index (κ1) is 13.2. The van der Waals surface area contributed by atoms with Crippen LogP contribution in [0, 0.1) is 5.92 Å². The van der Waals surface area contributed by atoms with E-state index in [9.17, 15) is 0 Å². The zero-order valence-electron chi connectivity index (χ0n) is 11.3. The Bertz CT molecular complexity index is 288. The topological polar surface area (TPSA) is 27.6 Å². The molecule has 0 bridgehead atoms. The van der Waals surface area contributed by atoms with Crippen LogP contribution in [0.4, 0.5) is 0 Å². The Kier molecular flexibility index (Phi) is 4.36. The molecule has 0 radical (unpaired) electrons. The molecule has 17 heavy (non-hydrogen) atoms. The zero-order chi connectivity index (χ0) is 12.3. The molecule has 1 unspecified atom stereocenters. The second-order valence-corrected chi connectivity index (χ2v) is 6.88. The van der Waals surface area contributed by atoms with Crippen LogP contribution < -0.4 is 5.32 Å². The molecule has 3 nitrogen and oxygen atoms in total. The van der Waals surface area contributed by atoms with Crippen LogP contribution >= 0.6 is 11.8 Å². The third-order valence-electron chi connectivity index (χ3n) is 3.72. The molecule has 0 aromatic heterocycles. The number of aliphatic imine (C=N–C) groups is 1. The average Bonchev–Trinajstić information content (AvgIpc) is 2.73. The number of nitrogens with zero attached hydrogens (tertiary/aromatic N) is 2. The molecule has 2 heterocycles. The predicted molar refractivity (Wildman–Crippen MR) is 76.8 cm³/mol. The van der Waals surface area contributed by atoms with Gasteiger partial charge in [0, 0.05) is 24.4 Å². The summed E-state index contributed by atoms with van der Waals surface area (Å²) in [6, 6.07) is 0. The number of nitrogens with one attached hydrogen (secondary N) is 1. The highest BCUT2D eigenvalue weighted by atomic mass is 32.2. The molecule has 0 aliphatic carbocycles. The van der Waals surface area contributed by atoms with Crippen molar-refractivity contribution in [3.8, 4) is 0 Å².